The largest absolute Gasteiger partial charge is 0.353 e. The molecule has 0 aromatic carbocycles. The summed E-state index contributed by atoms with van der Waals surface area (Å²) in [6, 6.07) is 0.404. The van der Waals surface area contributed by atoms with Gasteiger partial charge >= 0.3 is 0 Å². The Bertz CT molecular complexity index is 362. The number of hydrogen-bond acceptors (Lipinski definition) is 2. The molecule has 0 radical (unpaired) electrons. The summed E-state index contributed by atoms with van der Waals surface area (Å²) < 4.78 is 0. The Kier molecular flexibility index (Phi) is 4.58. The van der Waals surface area contributed by atoms with Crippen molar-refractivity contribution >= 4 is 5.91 Å². The summed E-state index contributed by atoms with van der Waals surface area (Å²) >= 11 is 0. The van der Waals surface area contributed by atoms with Gasteiger partial charge in [0.05, 0.1) is 0 Å². The van der Waals surface area contributed by atoms with Crippen molar-refractivity contribution in [2.75, 3.05) is 6.54 Å². The van der Waals surface area contributed by atoms with Crippen LogP contribution in [0.3, 0.4) is 0 Å². The Morgan fingerprint density at radius 1 is 1.10 bits per heavy atom. The molecule has 0 aromatic rings. The Hall–Kier alpha value is -0.570. The first-order chi connectivity index (χ1) is 10.2. The molecule has 1 saturated heterocycles. The fourth-order valence-corrected chi connectivity index (χ4v) is 5.02. The van der Waals surface area contributed by atoms with Gasteiger partial charge in [0, 0.05) is 17.0 Å². The minimum Gasteiger partial charge on any atom is -0.353 e. The van der Waals surface area contributed by atoms with E-state index in [1.54, 1.807) is 0 Å². The lowest BCUT2D eigenvalue weighted by molar-refractivity contribution is -0.132. The van der Waals surface area contributed by atoms with E-state index in [-0.39, 0.29) is 5.41 Å². The van der Waals surface area contributed by atoms with Crippen LogP contribution in [-0.4, -0.2) is 24.0 Å². The second kappa shape index (κ2) is 6.28. The van der Waals surface area contributed by atoms with Crippen LogP contribution in [0.5, 0.6) is 0 Å². The predicted octanol–water partition coefficient (Wildman–Crippen LogP) is 3.53. The van der Waals surface area contributed by atoms with E-state index in [9.17, 15) is 4.79 Å². The van der Waals surface area contributed by atoms with Crippen LogP contribution < -0.4 is 10.6 Å². The van der Waals surface area contributed by atoms with Crippen molar-refractivity contribution in [2.24, 2.45) is 5.41 Å². The fourth-order valence-electron chi connectivity index (χ4n) is 5.02. The highest BCUT2D eigenvalue weighted by atomic mass is 16.2. The SMILES string of the molecule is CCC1(C(=O)NC2CCNC3(CCCCC3)C2)CCCC1. The van der Waals surface area contributed by atoms with E-state index in [1.807, 2.05) is 0 Å². The van der Waals surface area contributed by atoms with Gasteiger partial charge in [0.1, 0.15) is 0 Å². The van der Waals surface area contributed by atoms with Gasteiger partial charge in [-0.15, -0.1) is 0 Å². The number of carbonyl (C=O) groups excluding carboxylic acids is 1. The summed E-state index contributed by atoms with van der Waals surface area (Å²) in [6.45, 7) is 3.26. The molecule has 1 amide bonds. The first-order valence-corrected chi connectivity index (χ1v) is 9.24. The first-order valence-electron chi connectivity index (χ1n) is 9.24. The van der Waals surface area contributed by atoms with E-state index in [1.165, 1.54) is 44.9 Å². The van der Waals surface area contributed by atoms with Crippen LogP contribution in [-0.2, 0) is 4.79 Å². The summed E-state index contributed by atoms with van der Waals surface area (Å²) in [6.07, 6.45) is 14.6. The number of rotatable bonds is 3. The molecule has 1 spiro atoms. The van der Waals surface area contributed by atoms with Crippen molar-refractivity contribution < 1.29 is 4.79 Å². The van der Waals surface area contributed by atoms with Gasteiger partial charge in [-0.25, -0.2) is 0 Å². The monoisotopic (exact) mass is 292 g/mol. The summed E-state index contributed by atoms with van der Waals surface area (Å²) in [5.74, 6) is 0.361. The molecule has 0 aromatic heterocycles. The molecule has 0 bridgehead atoms. The van der Waals surface area contributed by atoms with Crippen molar-refractivity contribution in [3.05, 3.63) is 0 Å². The third-order valence-electron chi connectivity index (χ3n) is 6.49. The molecule has 120 valence electrons. The van der Waals surface area contributed by atoms with Crippen molar-refractivity contribution in [1.82, 2.24) is 10.6 Å². The Balaban J connectivity index is 1.60. The summed E-state index contributed by atoms with van der Waals surface area (Å²) in [5.41, 5.74) is 0.300. The van der Waals surface area contributed by atoms with Gasteiger partial charge in [-0.2, -0.15) is 0 Å². The van der Waals surface area contributed by atoms with Gasteiger partial charge in [-0.1, -0.05) is 39.0 Å². The maximum absolute atomic E-state index is 12.8. The highest BCUT2D eigenvalue weighted by Crippen LogP contribution is 2.42. The molecule has 2 N–H and O–H groups in total. The number of piperidine rings is 1. The van der Waals surface area contributed by atoms with Crippen molar-refractivity contribution in [1.29, 1.82) is 0 Å². The van der Waals surface area contributed by atoms with E-state index in [2.05, 4.69) is 17.6 Å². The van der Waals surface area contributed by atoms with E-state index in [4.69, 9.17) is 0 Å². The molecule has 1 heterocycles. The third-order valence-corrected chi connectivity index (χ3v) is 6.49. The third kappa shape index (κ3) is 3.13. The second-order valence-electron chi connectivity index (χ2n) is 7.77. The van der Waals surface area contributed by atoms with Crippen molar-refractivity contribution in [2.45, 2.75) is 95.6 Å². The van der Waals surface area contributed by atoms with Crippen molar-refractivity contribution in [3.63, 3.8) is 0 Å². The van der Waals surface area contributed by atoms with Crippen LogP contribution in [0.4, 0.5) is 0 Å². The van der Waals surface area contributed by atoms with E-state index >= 15 is 0 Å². The second-order valence-corrected chi connectivity index (χ2v) is 7.77. The van der Waals surface area contributed by atoms with Crippen LogP contribution in [0.2, 0.25) is 0 Å². The van der Waals surface area contributed by atoms with Gasteiger partial charge in [0.25, 0.3) is 0 Å². The van der Waals surface area contributed by atoms with Crippen LogP contribution in [0.25, 0.3) is 0 Å². The molecule has 3 rings (SSSR count). The van der Waals surface area contributed by atoms with Crippen LogP contribution in [0.1, 0.15) is 84.0 Å². The van der Waals surface area contributed by atoms with Gasteiger partial charge < -0.3 is 10.6 Å². The minimum absolute atomic E-state index is 0.0371. The van der Waals surface area contributed by atoms with E-state index in [0.29, 0.717) is 17.5 Å². The number of amides is 1. The molecular formula is C18H32N2O. The molecule has 1 atom stereocenters. The average Bonchev–Trinajstić information content (AvgIpc) is 2.98. The van der Waals surface area contributed by atoms with Crippen molar-refractivity contribution in [3.8, 4) is 0 Å². The lowest BCUT2D eigenvalue weighted by Gasteiger charge is -2.45. The molecule has 2 saturated carbocycles. The number of hydrogen-bond donors (Lipinski definition) is 2. The lowest BCUT2D eigenvalue weighted by Crippen LogP contribution is -2.58. The zero-order chi connectivity index (χ0) is 14.8. The molecular weight excluding hydrogens is 260 g/mol. The Morgan fingerprint density at radius 3 is 2.43 bits per heavy atom. The zero-order valence-electron chi connectivity index (χ0n) is 13.7. The fraction of sp³-hybridized carbons (Fsp3) is 0.944. The molecule has 1 aliphatic heterocycles. The maximum Gasteiger partial charge on any atom is 0.226 e. The van der Waals surface area contributed by atoms with Gasteiger partial charge in [-0.3, -0.25) is 4.79 Å². The Labute approximate surface area is 129 Å². The van der Waals surface area contributed by atoms with Gasteiger partial charge in [-0.05, 0) is 51.5 Å². The lowest BCUT2D eigenvalue weighted by atomic mass is 9.74. The number of carbonyl (C=O) groups is 1. The summed E-state index contributed by atoms with van der Waals surface area (Å²) in [4.78, 5) is 12.8. The summed E-state index contributed by atoms with van der Waals surface area (Å²) in [7, 11) is 0. The van der Waals surface area contributed by atoms with Crippen LogP contribution in [0, 0.1) is 5.41 Å². The topological polar surface area (TPSA) is 41.1 Å². The van der Waals surface area contributed by atoms with Crippen LogP contribution >= 0.6 is 0 Å². The molecule has 3 heteroatoms. The quantitative estimate of drug-likeness (QED) is 0.835. The zero-order valence-corrected chi connectivity index (χ0v) is 13.7. The smallest absolute Gasteiger partial charge is 0.226 e. The number of nitrogens with one attached hydrogen (secondary N) is 2. The molecule has 3 nitrogen and oxygen atoms in total. The Morgan fingerprint density at radius 2 is 1.76 bits per heavy atom. The maximum atomic E-state index is 12.8. The molecule has 2 aliphatic carbocycles. The van der Waals surface area contributed by atoms with Gasteiger partial charge in [0.15, 0.2) is 0 Å². The molecule has 3 aliphatic rings. The van der Waals surface area contributed by atoms with E-state index < -0.39 is 0 Å². The molecule has 1 unspecified atom stereocenters. The average molecular weight is 292 g/mol. The first kappa shape index (κ1) is 15.3. The normalized spacial score (nSPS) is 31.2. The van der Waals surface area contributed by atoms with E-state index in [0.717, 1.165) is 38.6 Å². The highest BCUT2D eigenvalue weighted by molar-refractivity contribution is 5.83. The van der Waals surface area contributed by atoms with Gasteiger partial charge in [0.2, 0.25) is 5.91 Å². The standard InChI is InChI=1S/C18H32N2O/c1-2-17(9-6-7-10-17)16(21)20-15-8-13-19-18(14-15)11-4-3-5-12-18/h15,19H,2-14H2,1H3,(H,20,21). The van der Waals surface area contributed by atoms with Crippen LogP contribution in [0.15, 0.2) is 0 Å². The minimum atomic E-state index is -0.0371. The predicted molar refractivity (Wildman–Crippen MR) is 86.2 cm³/mol. The summed E-state index contributed by atoms with van der Waals surface area (Å²) in [5, 5.41) is 7.22. The molecule has 21 heavy (non-hydrogen) atoms. The highest BCUT2D eigenvalue weighted by Gasteiger charge is 2.42. The molecule has 3 fully saturated rings.